The van der Waals surface area contributed by atoms with Gasteiger partial charge >= 0.3 is 0 Å². The first-order valence-corrected chi connectivity index (χ1v) is 7.90. The number of hydrogen-bond donors (Lipinski definition) is 2. The molecule has 2 rings (SSSR count). The minimum Gasteiger partial charge on any atom is -0.544 e. The van der Waals surface area contributed by atoms with Gasteiger partial charge in [0.2, 0.25) is 5.91 Å². The number of benzene rings is 1. The van der Waals surface area contributed by atoms with Crippen LogP contribution in [-0.4, -0.2) is 31.0 Å². The monoisotopic (exact) mass is 304 g/mol. The number of piperidine rings is 1. The molecule has 1 aromatic rings. The third-order valence-electron chi connectivity index (χ3n) is 4.32. The van der Waals surface area contributed by atoms with Gasteiger partial charge in [0.25, 0.3) is 0 Å². The average Bonchev–Trinajstić information content (AvgIpc) is 2.48. The summed E-state index contributed by atoms with van der Waals surface area (Å²) in [6.07, 6.45) is 3.12. The van der Waals surface area contributed by atoms with Crippen molar-refractivity contribution in [3.8, 4) is 0 Å². The summed E-state index contributed by atoms with van der Waals surface area (Å²) in [6.45, 7) is 5.52. The molecule has 1 fully saturated rings. The lowest BCUT2D eigenvalue weighted by atomic mass is 10.1. The van der Waals surface area contributed by atoms with Crippen LogP contribution in [0.4, 0.5) is 5.69 Å². The summed E-state index contributed by atoms with van der Waals surface area (Å²) < 4.78 is 0. The Morgan fingerprint density at radius 3 is 2.50 bits per heavy atom. The van der Waals surface area contributed by atoms with Gasteiger partial charge in [0, 0.05) is 5.69 Å². The number of carboxylic acids is 1. The maximum atomic E-state index is 12.2. The van der Waals surface area contributed by atoms with Crippen LogP contribution >= 0.6 is 0 Å². The molecule has 0 bridgehead atoms. The molecule has 0 unspecified atom stereocenters. The van der Waals surface area contributed by atoms with Crippen molar-refractivity contribution in [2.75, 3.05) is 18.4 Å². The van der Waals surface area contributed by atoms with Crippen molar-refractivity contribution in [3.63, 3.8) is 0 Å². The molecule has 1 aliphatic heterocycles. The second-order valence-electron chi connectivity index (χ2n) is 6.16. The molecule has 120 valence electrons. The van der Waals surface area contributed by atoms with E-state index in [4.69, 9.17) is 0 Å². The van der Waals surface area contributed by atoms with E-state index in [-0.39, 0.29) is 12.3 Å². The zero-order valence-corrected chi connectivity index (χ0v) is 13.3. The number of aliphatic carboxylic acids is 1. The number of anilines is 1. The van der Waals surface area contributed by atoms with E-state index < -0.39 is 12.0 Å². The molecule has 1 atom stereocenters. The van der Waals surface area contributed by atoms with E-state index >= 15 is 0 Å². The minimum absolute atomic E-state index is 0.0367. The molecule has 1 amide bonds. The summed E-state index contributed by atoms with van der Waals surface area (Å²) in [5.41, 5.74) is 2.84. The van der Waals surface area contributed by atoms with Crippen molar-refractivity contribution in [1.29, 1.82) is 0 Å². The van der Waals surface area contributed by atoms with Crippen LogP contribution in [0.25, 0.3) is 0 Å². The Morgan fingerprint density at radius 1 is 1.23 bits per heavy atom. The van der Waals surface area contributed by atoms with Gasteiger partial charge in [-0.15, -0.1) is 0 Å². The van der Waals surface area contributed by atoms with Crippen LogP contribution < -0.4 is 15.3 Å². The highest BCUT2D eigenvalue weighted by atomic mass is 16.4. The lowest BCUT2D eigenvalue weighted by Crippen LogP contribution is -3.18. The molecule has 1 heterocycles. The van der Waals surface area contributed by atoms with E-state index in [0.717, 1.165) is 54.1 Å². The number of hydrogen-bond acceptors (Lipinski definition) is 3. The van der Waals surface area contributed by atoms with Gasteiger partial charge in [0.15, 0.2) is 0 Å². The Labute approximate surface area is 131 Å². The second-order valence-corrected chi connectivity index (χ2v) is 6.16. The summed E-state index contributed by atoms with van der Waals surface area (Å²) in [5, 5.41) is 14.2. The zero-order valence-electron chi connectivity index (χ0n) is 13.3. The van der Waals surface area contributed by atoms with Gasteiger partial charge in [-0.3, -0.25) is 4.79 Å². The molecular formula is C17H24N2O3. The van der Waals surface area contributed by atoms with Crippen LogP contribution in [0.1, 0.15) is 36.8 Å². The highest BCUT2D eigenvalue weighted by Crippen LogP contribution is 2.16. The van der Waals surface area contributed by atoms with Crippen LogP contribution in [0.5, 0.6) is 0 Å². The van der Waals surface area contributed by atoms with E-state index in [1.807, 2.05) is 32.0 Å². The summed E-state index contributed by atoms with van der Waals surface area (Å²) in [4.78, 5) is 24.5. The number of carbonyl (C=O) groups excluding carboxylic acids is 2. The molecule has 0 radical (unpaired) electrons. The average molecular weight is 304 g/mol. The van der Waals surface area contributed by atoms with Crippen LogP contribution in [0, 0.1) is 13.8 Å². The summed E-state index contributed by atoms with van der Waals surface area (Å²) in [5.74, 6) is -1.40. The van der Waals surface area contributed by atoms with Crippen molar-refractivity contribution in [2.45, 2.75) is 45.6 Å². The molecule has 0 saturated carbocycles. The van der Waals surface area contributed by atoms with Gasteiger partial charge in [0.05, 0.1) is 25.5 Å². The first kappa shape index (κ1) is 16.5. The summed E-state index contributed by atoms with van der Waals surface area (Å²) >= 11 is 0. The van der Waals surface area contributed by atoms with Crippen molar-refractivity contribution in [2.24, 2.45) is 0 Å². The molecule has 0 spiro atoms. The number of aryl methyl sites for hydroxylation is 2. The Hall–Kier alpha value is -1.88. The zero-order chi connectivity index (χ0) is 16.1. The summed E-state index contributed by atoms with van der Waals surface area (Å²) in [7, 11) is 0. The fourth-order valence-electron chi connectivity index (χ4n) is 3.09. The molecule has 22 heavy (non-hydrogen) atoms. The third kappa shape index (κ3) is 4.31. The fraction of sp³-hybridized carbons (Fsp3) is 0.529. The number of rotatable bonds is 5. The normalized spacial score (nSPS) is 17.0. The minimum atomic E-state index is -1.13. The highest BCUT2D eigenvalue weighted by molar-refractivity contribution is 5.94. The topological polar surface area (TPSA) is 73.7 Å². The van der Waals surface area contributed by atoms with Gasteiger partial charge < -0.3 is 20.1 Å². The number of carbonyl (C=O) groups is 2. The van der Waals surface area contributed by atoms with Crippen LogP contribution in [0.15, 0.2) is 18.2 Å². The number of carboxylic acid groups (broad SMARTS) is 1. The van der Waals surface area contributed by atoms with Crippen molar-refractivity contribution in [1.82, 2.24) is 0 Å². The van der Waals surface area contributed by atoms with Crippen LogP contribution in [0.3, 0.4) is 0 Å². The van der Waals surface area contributed by atoms with Crippen molar-refractivity contribution < 1.29 is 19.6 Å². The molecule has 1 saturated heterocycles. The first-order valence-electron chi connectivity index (χ1n) is 7.90. The van der Waals surface area contributed by atoms with Gasteiger partial charge in [-0.2, -0.15) is 0 Å². The number of amides is 1. The fourth-order valence-corrected chi connectivity index (χ4v) is 3.09. The standard InChI is InChI=1S/C17H24N2O3/c1-12-6-7-14(13(2)10-12)18-16(20)11-15(17(21)22)19-8-4-3-5-9-19/h6-7,10,15H,3-5,8-9,11H2,1-2H3,(H,18,20)(H,21,22)/t15-/m0/s1. The van der Waals surface area contributed by atoms with Crippen LogP contribution in [0.2, 0.25) is 0 Å². The molecule has 5 heteroatoms. The van der Waals surface area contributed by atoms with Gasteiger partial charge in [-0.1, -0.05) is 17.7 Å². The van der Waals surface area contributed by atoms with E-state index in [2.05, 4.69) is 5.32 Å². The molecule has 5 nitrogen and oxygen atoms in total. The van der Waals surface area contributed by atoms with E-state index in [9.17, 15) is 14.7 Å². The van der Waals surface area contributed by atoms with E-state index in [1.165, 1.54) is 0 Å². The number of likely N-dealkylation sites (tertiary alicyclic amines) is 1. The Morgan fingerprint density at radius 2 is 1.91 bits per heavy atom. The first-order chi connectivity index (χ1) is 10.5. The molecule has 1 aliphatic rings. The maximum absolute atomic E-state index is 12.2. The Balaban J connectivity index is 2.00. The SMILES string of the molecule is Cc1ccc(NC(=O)C[C@@H](C(=O)[O-])[NH+]2CCCCC2)c(C)c1. The third-order valence-corrected chi connectivity index (χ3v) is 4.32. The quantitative estimate of drug-likeness (QED) is 0.792. The predicted octanol–water partition coefficient (Wildman–Crippen LogP) is -0.181. The lowest BCUT2D eigenvalue weighted by Gasteiger charge is -2.31. The molecule has 0 aromatic heterocycles. The van der Waals surface area contributed by atoms with E-state index in [0.29, 0.717) is 0 Å². The lowest BCUT2D eigenvalue weighted by molar-refractivity contribution is -0.922. The molecular weight excluding hydrogens is 280 g/mol. The van der Waals surface area contributed by atoms with Gasteiger partial charge in [-0.05, 0) is 44.7 Å². The molecule has 1 aromatic carbocycles. The predicted molar refractivity (Wildman–Crippen MR) is 82.5 cm³/mol. The van der Waals surface area contributed by atoms with Crippen molar-refractivity contribution in [3.05, 3.63) is 29.3 Å². The van der Waals surface area contributed by atoms with E-state index in [1.54, 1.807) is 0 Å². The molecule has 0 aliphatic carbocycles. The van der Waals surface area contributed by atoms with Crippen LogP contribution in [-0.2, 0) is 9.59 Å². The largest absolute Gasteiger partial charge is 0.544 e. The maximum Gasteiger partial charge on any atom is 0.230 e. The number of nitrogens with one attached hydrogen (secondary N) is 2. The Bertz CT molecular complexity index is 551. The number of quaternary nitrogens is 1. The second kappa shape index (κ2) is 7.40. The van der Waals surface area contributed by atoms with Crippen molar-refractivity contribution >= 4 is 17.6 Å². The molecule has 2 N–H and O–H groups in total. The summed E-state index contributed by atoms with van der Waals surface area (Å²) in [6, 6.07) is 5.01. The van der Waals surface area contributed by atoms with Gasteiger partial charge in [0.1, 0.15) is 6.04 Å². The smallest absolute Gasteiger partial charge is 0.230 e. The highest BCUT2D eigenvalue weighted by Gasteiger charge is 2.28. The Kier molecular flexibility index (Phi) is 5.55. The van der Waals surface area contributed by atoms with Gasteiger partial charge in [-0.25, -0.2) is 0 Å².